The Bertz CT molecular complexity index is 905. The van der Waals surface area contributed by atoms with Crippen LogP contribution in [0.15, 0.2) is 63.9 Å². The fourth-order valence-electron chi connectivity index (χ4n) is 2.85. The van der Waals surface area contributed by atoms with E-state index < -0.39 is 12.0 Å². The molecule has 1 heterocycles. The standard InChI is InChI=1S/C20H18N2O3S/c1-13(23)22-18(20(24)25)12-14-5-4-6-15(11-14)16-9-10-21-26-19-8-3-2-7-17(16)19/h2-11,18H,12H2,1H3,(H,22,23)(H,24,25)/t18-/m0/s1. The van der Waals surface area contributed by atoms with Gasteiger partial charge in [-0.1, -0.05) is 42.5 Å². The number of carboxylic acid groups (broad SMARTS) is 1. The fourth-order valence-corrected chi connectivity index (χ4v) is 3.50. The van der Waals surface area contributed by atoms with Crippen molar-refractivity contribution in [3.05, 3.63) is 71.3 Å². The normalized spacial score (nSPS) is 14.0. The third kappa shape index (κ3) is 4.21. The van der Waals surface area contributed by atoms with Crippen LogP contribution in [0.25, 0.3) is 5.57 Å². The Kier molecular flexibility index (Phi) is 5.53. The summed E-state index contributed by atoms with van der Waals surface area (Å²) in [5, 5.41) is 11.8. The van der Waals surface area contributed by atoms with Crippen LogP contribution in [0.4, 0.5) is 0 Å². The van der Waals surface area contributed by atoms with Gasteiger partial charge in [0.2, 0.25) is 5.91 Å². The molecule has 2 aromatic carbocycles. The summed E-state index contributed by atoms with van der Waals surface area (Å²) >= 11 is 1.43. The molecule has 0 saturated carbocycles. The van der Waals surface area contributed by atoms with Crippen molar-refractivity contribution in [1.29, 1.82) is 0 Å². The maximum Gasteiger partial charge on any atom is 0.326 e. The Morgan fingerprint density at radius 1 is 1.19 bits per heavy atom. The lowest BCUT2D eigenvalue weighted by Crippen LogP contribution is -2.41. The average Bonchev–Trinajstić information content (AvgIpc) is 2.83. The maximum absolute atomic E-state index is 11.4. The van der Waals surface area contributed by atoms with Gasteiger partial charge < -0.3 is 10.4 Å². The molecular weight excluding hydrogens is 348 g/mol. The van der Waals surface area contributed by atoms with Crippen molar-refractivity contribution in [2.75, 3.05) is 0 Å². The van der Waals surface area contributed by atoms with Crippen molar-refractivity contribution >= 4 is 35.6 Å². The van der Waals surface area contributed by atoms with Gasteiger partial charge in [0.15, 0.2) is 0 Å². The number of nitrogens with one attached hydrogen (secondary N) is 1. The van der Waals surface area contributed by atoms with E-state index >= 15 is 0 Å². The van der Waals surface area contributed by atoms with E-state index in [1.54, 1.807) is 6.21 Å². The summed E-state index contributed by atoms with van der Waals surface area (Å²) in [5.41, 5.74) is 3.94. The zero-order valence-electron chi connectivity index (χ0n) is 14.2. The molecule has 0 unspecified atom stereocenters. The molecule has 132 valence electrons. The number of aliphatic carboxylic acids is 1. The highest BCUT2D eigenvalue weighted by molar-refractivity contribution is 7.98. The fraction of sp³-hybridized carbons (Fsp3) is 0.150. The number of rotatable bonds is 5. The molecule has 1 atom stereocenters. The lowest BCUT2D eigenvalue weighted by atomic mass is 9.94. The van der Waals surface area contributed by atoms with Gasteiger partial charge in [-0.3, -0.25) is 4.79 Å². The quantitative estimate of drug-likeness (QED) is 0.796. The first kappa shape index (κ1) is 17.9. The van der Waals surface area contributed by atoms with Crippen LogP contribution in [-0.4, -0.2) is 29.2 Å². The number of carbonyl (C=O) groups excluding carboxylic acids is 1. The van der Waals surface area contributed by atoms with Crippen molar-refractivity contribution in [3.63, 3.8) is 0 Å². The van der Waals surface area contributed by atoms with E-state index in [2.05, 4.69) is 9.71 Å². The zero-order valence-corrected chi connectivity index (χ0v) is 15.0. The third-order valence-corrected chi connectivity index (χ3v) is 4.76. The molecule has 6 heteroatoms. The Balaban J connectivity index is 1.93. The van der Waals surface area contributed by atoms with Crippen molar-refractivity contribution < 1.29 is 14.7 Å². The van der Waals surface area contributed by atoms with Crippen LogP contribution >= 0.6 is 11.9 Å². The molecule has 0 saturated heterocycles. The lowest BCUT2D eigenvalue weighted by Gasteiger charge is -2.15. The molecule has 0 bridgehead atoms. The van der Waals surface area contributed by atoms with Gasteiger partial charge in [-0.2, -0.15) is 0 Å². The minimum Gasteiger partial charge on any atom is -0.480 e. The van der Waals surface area contributed by atoms with E-state index in [-0.39, 0.29) is 12.3 Å². The molecule has 1 aliphatic heterocycles. The van der Waals surface area contributed by atoms with Crippen molar-refractivity contribution in [2.45, 2.75) is 24.3 Å². The first-order valence-electron chi connectivity index (χ1n) is 8.14. The maximum atomic E-state index is 11.4. The van der Waals surface area contributed by atoms with Crippen molar-refractivity contribution in [2.24, 2.45) is 4.40 Å². The minimum atomic E-state index is -1.05. The highest BCUT2D eigenvalue weighted by Crippen LogP contribution is 2.34. The van der Waals surface area contributed by atoms with Gasteiger partial charge in [0.1, 0.15) is 6.04 Å². The Labute approximate surface area is 156 Å². The molecule has 2 N–H and O–H groups in total. The Morgan fingerprint density at radius 2 is 2.00 bits per heavy atom. The van der Waals surface area contributed by atoms with Crippen LogP contribution in [0.5, 0.6) is 0 Å². The summed E-state index contributed by atoms with van der Waals surface area (Å²) in [4.78, 5) is 23.7. The molecule has 0 spiro atoms. The van der Waals surface area contributed by atoms with Gasteiger partial charge in [-0.15, -0.1) is 0 Å². The summed E-state index contributed by atoms with van der Waals surface area (Å²) in [5.74, 6) is -1.41. The summed E-state index contributed by atoms with van der Waals surface area (Å²) in [6.07, 6.45) is 3.95. The molecule has 2 aromatic rings. The molecule has 0 aliphatic carbocycles. The number of benzene rings is 2. The molecule has 0 fully saturated rings. The van der Waals surface area contributed by atoms with E-state index in [4.69, 9.17) is 0 Å². The summed E-state index contributed by atoms with van der Waals surface area (Å²) < 4.78 is 4.30. The van der Waals surface area contributed by atoms with Gasteiger partial charge in [-0.25, -0.2) is 9.19 Å². The van der Waals surface area contributed by atoms with Gasteiger partial charge in [-0.05, 0) is 34.4 Å². The summed E-state index contributed by atoms with van der Waals surface area (Å²) in [7, 11) is 0. The second-order valence-corrected chi connectivity index (χ2v) is 6.75. The number of allylic oxidation sites excluding steroid dienone is 1. The number of hydrogen-bond acceptors (Lipinski definition) is 4. The van der Waals surface area contributed by atoms with Crippen LogP contribution in [0, 0.1) is 0 Å². The lowest BCUT2D eigenvalue weighted by molar-refractivity contribution is -0.141. The molecule has 0 radical (unpaired) electrons. The monoisotopic (exact) mass is 366 g/mol. The van der Waals surface area contributed by atoms with E-state index in [0.717, 1.165) is 27.2 Å². The first-order chi connectivity index (χ1) is 12.5. The number of hydrogen-bond donors (Lipinski definition) is 2. The zero-order chi connectivity index (χ0) is 18.5. The van der Waals surface area contributed by atoms with Crippen LogP contribution in [0.1, 0.15) is 23.6 Å². The largest absolute Gasteiger partial charge is 0.480 e. The molecular formula is C20H18N2O3S. The van der Waals surface area contributed by atoms with Crippen molar-refractivity contribution in [3.8, 4) is 0 Å². The SMILES string of the molecule is CC(=O)N[C@@H](Cc1cccc(C2=CC=NSc3ccccc32)c1)C(=O)O. The number of carboxylic acids is 1. The average molecular weight is 366 g/mol. The van der Waals surface area contributed by atoms with Crippen LogP contribution in [-0.2, 0) is 16.0 Å². The predicted molar refractivity (Wildman–Crippen MR) is 103 cm³/mol. The van der Waals surface area contributed by atoms with Gasteiger partial charge in [0.25, 0.3) is 0 Å². The van der Waals surface area contributed by atoms with Gasteiger partial charge >= 0.3 is 5.97 Å². The van der Waals surface area contributed by atoms with Crippen LogP contribution in [0.3, 0.4) is 0 Å². The van der Waals surface area contributed by atoms with Gasteiger partial charge in [0.05, 0.1) is 0 Å². The van der Waals surface area contributed by atoms with Crippen LogP contribution in [0.2, 0.25) is 0 Å². The molecule has 26 heavy (non-hydrogen) atoms. The number of nitrogens with zero attached hydrogens (tertiary/aromatic N) is 1. The number of carbonyl (C=O) groups is 2. The van der Waals surface area contributed by atoms with Crippen molar-refractivity contribution in [1.82, 2.24) is 5.32 Å². The molecule has 5 nitrogen and oxygen atoms in total. The Morgan fingerprint density at radius 3 is 2.77 bits per heavy atom. The minimum absolute atomic E-state index is 0.223. The number of fused-ring (bicyclic) bond motifs is 1. The molecule has 1 amide bonds. The summed E-state index contributed by atoms with van der Waals surface area (Å²) in [6.45, 7) is 1.32. The smallest absolute Gasteiger partial charge is 0.326 e. The summed E-state index contributed by atoms with van der Waals surface area (Å²) in [6, 6.07) is 14.8. The Hall–Kier alpha value is -2.86. The van der Waals surface area contributed by atoms with E-state index in [9.17, 15) is 14.7 Å². The highest BCUT2D eigenvalue weighted by atomic mass is 32.2. The highest BCUT2D eigenvalue weighted by Gasteiger charge is 2.19. The van der Waals surface area contributed by atoms with Gasteiger partial charge in [0, 0.05) is 36.4 Å². The topological polar surface area (TPSA) is 78.8 Å². The molecule has 3 rings (SSSR count). The predicted octanol–water partition coefficient (Wildman–Crippen LogP) is 3.34. The second-order valence-electron chi connectivity index (χ2n) is 5.92. The first-order valence-corrected chi connectivity index (χ1v) is 8.91. The number of amides is 1. The third-order valence-electron chi connectivity index (χ3n) is 3.98. The van der Waals surface area contributed by atoms with Crippen LogP contribution < -0.4 is 5.32 Å². The van der Waals surface area contributed by atoms with E-state index in [0.29, 0.717) is 0 Å². The second kappa shape index (κ2) is 8.01. The van der Waals surface area contributed by atoms with E-state index in [1.807, 2.05) is 54.6 Å². The molecule has 1 aliphatic rings. The van der Waals surface area contributed by atoms with E-state index in [1.165, 1.54) is 18.9 Å². The molecule has 0 aromatic heterocycles.